The number of nitrogens with zero attached hydrogens (tertiary/aromatic N) is 1. The predicted octanol–water partition coefficient (Wildman–Crippen LogP) is 3.48. The molecule has 0 unspecified atom stereocenters. The molecule has 0 saturated carbocycles. The standard InChI is InChI=1S/C21H18FN3O3S/c1-12-3-2-4-17(20(12)29(23,27)28)13-5-6-16(19(22)8-13)14-7-18-15(11-26)10-25-21(18)24-9-14/h2-10,26H,11H2,1H3,(H,24,25)(H2,23,27,28). The molecule has 148 valence electrons. The summed E-state index contributed by atoms with van der Waals surface area (Å²) >= 11 is 0. The Morgan fingerprint density at radius 2 is 1.93 bits per heavy atom. The van der Waals surface area contributed by atoms with Crippen molar-refractivity contribution in [1.82, 2.24) is 9.97 Å². The third-order valence-electron chi connectivity index (χ3n) is 4.87. The molecule has 6 nitrogen and oxygen atoms in total. The Kier molecular flexibility index (Phi) is 4.70. The fourth-order valence-corrected chi connectivity index (χ4v) is 4.52. The first-order valence-corrected chi connectivity index (χ1v) is 10.3. The number of aromatic nitrogens is 2. The number of pyridine rings is 1. The lowest BCUT2D eigenvalue weighted by Crippen LogP contribution is -2.15. The van der Waals surface area contributed by atoms with Gasteiger partial charge in [-0.05, 0) is 30.2 Å². The maximum atomic E-state index is 15.0. The lowest BCUT2D eigenvalue weighted by molar-refractivity contribution is 0.283. The van der Waals surface area contributed by atoms with E-state index in [2.05, 4.69) is 9.97 Å². The Morgan fingerprint density at radius 1 is 1.14 bits per heavy atom. The van der Waals surface area contributed by atoms with E-state index in [0.717, 1.165) is 0 Å². The van der Waals surface area contributed by atoms with Crippen molar-refractivity contribution in [3.05, 3.63) is 71.8 Å². The van der Waals surface area contributed by atoms with E-state index in [9.17, 15) is 17.9 Å². The van der Waals surface area contributed by atoms with Crippen LogP contribution in [0.2, 0.25) is 0 Å². The second-order valence-electron chi connectivity index (χ2n) is 6.78. The summed E-state index contributed by atoms with van der Waals surface area (Å²) in [5.74, 6) is -0.522. The number of fused-ring (bicyclic) bond motifs is 1. The maximum Gasteiger partial charge on any atom is 0.238 e. The molecule has 2 heterocycles. The number of nitrogens with one attached hydrogen (secondary N) is 1. The van der Waals surface area contributed by atoms with Gasteiger partial charge in [-0.3, -0.25) is 0 Å². The molecule has 4 aromatic rings. The summed E-state index contributed by atoms with van der Waals surface area (Å²) in [6, 6.07) is 11.2. The molecule has 2 aromatic carbocycles. The van der Waals surface area contributed by atoms with Crippen molar-refractivity contribution in [3.63, 3.8) is 0 Å². The summed E-state index contributed by atoms with van der Waals surface area (Å²) in [5, 5.41) is 15.5. The lowest BCUT2D eigenvalue weighted by Gasteiger charge is -2.12. The van der Waals surface area contributed by atoms with Gasteiger partial charge < -0.3 is 10.1 Å². The molecule has 0 saturated heterocycles. The van der Waals surface area contributed by atoms with E-state index in [-0.39, 0.29) is 11.5 Å². The van der Waals surface area contributed by atoms with Crippen LogP contribution in [0.3, 0.4) is 0 Å². The fraction of sp³-hybridized carbons (Fsp3) is 0.0952. The van der Waals surface area contributed by atoms with Crippen LogP contribution in [-0.2, 0) is 16.6 Å². The Bertz CT molecular complexity index is 1350. The Labute approximate surface area is 166 Å². The molecule has 0 spiro atoms. The maximum absolute atomic E-state index is 15.0. The normalized spacial score (nSPS) is 11.9. The molecular formula is C21H18FN3O3S. The van der Waals surface area contributed by atoms with Crippen LogP contribution >= 0.6 is 0 Å². The Hall–Kier alpha value is -3.07. The lowest BCUT2D eigenvalue weighted by atomic mass is 9.98. The number of H-pyrrole nitrogens is 1. The highest BCUT2D eigenvalue weighted by molar-refractivity contribution is 7.89. The van der Waals surface area contributed by atoms with Gasteiger partial charge >= 0.3 is 0 Å². The van der Waals surface area contributed by atoms with E-state index in [1.165, 1.54) is 6.07 Å². The van der Waals surface area contributed by atoms with Crippen molar-refractivity contribution in [3.8, 4) is 22.3 Å². The summed E-state index contributed by atoms with van der Waals surface area (Å²) in [7, 11) is -3.97. The zero-order valence-corrected chi connectivity index (χ0v) is 16.3. The van der Waals surface area contributed by atoms with Crippen molar-refractivity contribution in [2.45, 2.75) is 18.4 Å². The highest BCUT2D eigenvalue weighted by Gasteiger charge is 2.19. The number of hydrogen-bond donors (Lipinski definition) is 3. The number of aliphatic hydroxyl groups excluding tert-OH is 1. The zero-order chi connectivity index (χ0) is 20.8. The molecule has 4 rings (SSSR count). The number of halogens is 1. The zero-order valence-electron chi connectivity index (χ0n) is 15.5. The number of hydrogen-bond acceptors (Lipinski definition) is 4. The fourth-order valence-electron chi connectivity index (χ4n) is 3.51. The molecule has 29 heavy (non-hydrogen) atoms. The van der Waals surface area contributed by atoms with E-state index in [4.69, 9.17) is 5.14 Å². The summed E-state index contributed by atoms with van der Waals surface area (Å²) in [5.41, 5.74) is 3.39. The summed E-state index contributed by atoms with van der Waals surface area (Å²) in [4.78, 5) is 7.21. The first-order chi connectivity index (χ1) is 13.8. The van der Waals surface area contributed by atoms with Gasteiger partial charge in [0.2, 0.25) is 10.0 Å². The Morgan fingerprint density at radius 3 is 2.62 bits per heavy atom. The molecule has 2 aromatic heterocycles. The minimum absolute atomic E-state index is 0.0184. The predicted molar refractivity (Wildman–Crippen MR) is 109 cm³/mol. The van der Waals surface area contributed by atoms with Crippen molar-refractivity contribution in [1.29, 1.82) is 0 Å². The SMILES string of the molecule is Cc1cccc(-c2ccc(-c3cnc4[nH]cc(CO)c4c3)c(F)c2)c1S(N)(=O)=O. The summed E-state index contributed by atoms with van der Waals surface area (Å²) < 4.78 is 39.1. The molecule has 0 atom stereocenters. The molecule has 4 N–H and O–H groups in total. The topological polar surface area (TPSA) is 109 Å². The van der Waals surface area contributed by atoms with Gasteiger partial charge in [-0.2, -0.15) is 0 Å². The van der Waals surface area contributed by atoms with E-state index in [0.29, 0.717) is 44.4 Å². The second-order valence-corrected chi connectivity index (χ2v) is 8.28. The molecular weight excluding hydrogens is 393 g/mol. The average molecular weight is 411 g/mol. The molecule has 0 aliphatic carbocycles. The number of benzene rings is 2. The van der Waals surface area contributed by atoms with Gasteiger partial charge in [-0.15, -0.1) is 0 Å². The van der Waals surface area contributed by atoms with Gasteiger partial charge in [0.25, 0.3) is 0 Å². The number of rotatable bonds is 4. The number of sulfonamides is 1. The third-order valence-corrected chi connectivity index (χ3v) is 5.99. The number of aromatic amines is 1. The quantitative estimate of drug-likeness (QED) is 0.478. The van der Waals surface area contributed by atoms with Crippen LogP contribution in [0.5, 0.6) is 0 Å². The molecule has 0 bridgehead atoms. The van der Waals surface area contributed by atoms with Crippen LogP contribution < -0.4 is 5.14 Å². The van der Waals surface area contributed by atoms with E-state index < -0.39 is 15.8 Å². The van der Waals surface area contributed by atoms with Crippen LogP contribution in [-0.4, -0.2) is 23.5 Å². The number of nitrogens with two attached hydrogens (primary N) is 1. The minimum Gasteiger partial charge on any atom is -0.392 e. The summed E-state index contributed by atoms with van der Waals surface area (Å²) in [6.07, 6.45) is 3.20. The number of aliphatic hydroxyl groups is 1. The highest BCUT2D eigenvalue weighted by Crippen LogP contribution is 2.33. The smallest absolute Gasteiger partial charge is 0.238 e. The van der Waals surface area contributed by atoms with Crippen LogP contribution in [0, 0.1) is 12.7 Å². The van der Waals surface area contributed by atoms with Gasteiger partial charge in [0, 0.05) is 40.0 Å². The molecule has 0 radical (unpaired) electrons. The highest BCUT2D eigenvalue weighted by atomic mass is 32.2. The monoisotopic (exact) mass is 411 g/mol. The Balaban J connectivity index is 1.84. The minimum atomic E-state index is -3.97. The number of aryl methyl sites for hydroxylation is 1. The van der Waals surface area contributed by atoms with Crippen molar-refractivity contribution < 1.29 is 17.9 Å². The van der Waals surface area contributed by atoms with E-state index in [1.54, 1.807) is 55.7 Å². The van der Waals surface area contributed by atoms with Gasteiger partial charge in [0.1, 0.15) is 11.5 Å². The van der Waals surface area contributed by atoms with E-state index >= 15 is 0 Å². The third kappa shape index (κ3) is 3.42. The van der Waals surface area contributed by atoms with Gasteiger partial charge in [0.15, 0.2) is 0 Å². The van der Waals surface area contributed by atoms with Crippen LogP contribution in [0.15, 0.2) is 59.8 Å². The molecule has 8 heteroatoms. The largest absolute Gasteiger partial charge is 0.392 e. The van der Waals surface area contributed by atoms with Gasteiger partial charge in [-0.25, -0.2) is 22.9 Å². The molecule has 0 aliphatic heterocycles. The summed E-state index contributed by atoms with van der Waals surface area (Å²) in [6.45, 7) is 1.49. The second kappa shape index (κ2) is 7.07. The van der Waals surface area contributed by atoms with Crippen LogP contribution in [0.25, 0.3) is 33.3 Å². The first kappa shape index (κ1) is 19.3. The van der Waals surface area contributed by atoms with Crippen LogP contribution in [0.4, 0.5) is 4.39 Å². The molecule has 0 aliphatic rings. The molecule has 0 fully saturated rings. The van der Waals surface area contributed by atoms with Crippen molar-refractivity contribution >= 4 is 21.1 Å². The van der Waals surface area contributed by atoms with Gasteiger partial charge in [-0.1, -0.05) is 30.3 Å². The average Bonchev–Trinajstić information content (AvgIpc) is 3.09. The number of primary sulfonamides is 1. The van der Waals surface area contributed by atoms with Crippen LogP contribution in [0.1, 0.15) is 11.1 Å². The van der Waals surface area contributed by atoms with Crippen molar-refractivity contribution in [2.75, 3.05) is 0 Å². The van der Waals surface area contributed by atoms with Crippen molar-refractivity contribution in [2.24, 2.45) is 5.14 Å². The van der Waals surface area contributed by atoms with E-state index in [1.807, 2.05) is 0 Å². The molecule has 0 amide bonds. The van der Waals surface area contributed by atoms with Gasteiger partial charge in [0.05, 0.1) is 11.5 Å². The first-order valence-electron chi connectivity index (χ1n) is 8.79.